The number of rotatable bonds is 8. The fourth-order valence-electron chi connectivity index (χ4n) is 6.63. The molecular formula is C34H40ClNO4. The lowest BCUT2D eigenvalue weighted by Crippen LogP contribution is -2.44. The number of methoxy groups -OCH3 is 1. The normalized spacial score (nSPS) is 20.5. The average molecular weight is 562 g/mol. The van der Waals surface area contributed by atoms with E-state index < -0.39 is 5.92 Å². The van der Waals surface area contributed by atoms with Crippen molar-refractivity contribution in [3.8, 4) is 5.75 Å². The van der Waals surface area contributed by atoms with Gasteiger partial charge in [-0.15, -0.1) is 0 Å². The van der Waals surface area contributed by atoms with Crippen molar-refractivity contribution in [3.63, 3.8) is 0 Å². The maximum Gasteiger partial charge on any atom is 0.162 e. The van der Waals surface area contributed by atoms with Crippen LogP contribution >= 0.6 is 11.6 Å². The van der Waals surface area contributed by atoms with Crippen LogP contribution in [-0.2, 0) is 20.9 Å². The Kier molecular flexibility index (Phi) is 8.00. The van der Waals surface area contributed by atoms with Crippen molar-refractivity contribution >= 4 is 23.2 Å². The number of ether oxygens (including phenoxy) is 2. The second kappa shape index (κ2) is 11.2. The highest BCUT2D eigenvalue weighted by atomic mass is 35.5. The molecule has 0 fully saturated rings. The molecule has 0 saturated carbocycles. The number of hydrogen-bond donors (Lipinski definition) is 0. The molecule has 3 aliphatic rings. The smallest absolute Gasteiger partial charge is 0.162 e. The van der Waals surface area contributed by atoms with Crippen LogP contribution in [0.25, 0.3) is 0 Å². The summed E-state index contributed by atoms with van der Waals surface area (Å²) in [6.45, 7) is 10.3. The van der Waals surface area contributed by atoms with Gasteiger partial charge in [-0.2, -0.15) is 0 Å². The van der Waals surface area contributed by atoms with Gasteiger partial charge in [0.25, 0.3) is 0 Å². The molecule has 0 bridgehead atoms. The van der Waals surface area contributed by atoms with Gasteiger partial charge >= 0.3 is 0 Å². The quantitative estimate of drug-likeness (QED) is 0.310. The highest BCUT2D eigenvalue weighted by Crippen LogP contribution is 2.55. The minimum Gasteiger partial charge on any atom is -0.489 e. The van der Waals surface area contributed by atoms with E-state index in [1.54, 1.807) is 7.11 Å². The molecule has 0 atom stereocenters. The van der Waals surface area contributed by atoms with Gasteiger partial charge in [0, 0.05) is 72.1 Å². The van der Waals surface area contributed by atoms with Crippen LogP contribution in [0.1, 0.15) is 76.8 Å². The van der Waals surface area contributed by atoms with Crippen LogP contribution in [0.2, 0.25) is 5.02 Å². The van der Waals surface area contributed by atoms with Crippen molar-refractivity contribution in [1.82, 2.24) is 4.90 Å². The number of carbonyl (C=O) groups excluding carboxylic acids is 2. The Morgan fingerprint density at radius 2 is 1.50 bits per heavy atom. The number of ketones is 2. The maximum atomic E-state index is 14.0. The van der Waals surface area contributed by atoms with Gasteiger partial charge in [-0.3, -0.25) is 9.59 Å². The first-order chi connectivity index (χ1) is 19.0. The molecule has 0 unspecified atom stereocenters. The summed E-state index contributed by atoms with van der Waals surface area (Å²) >= 11 is 6.21. The Bertz CT molecular complexity index is 1330. The Balaban J connectivity index is 1.66. The van der Waals surface area contributed by atoms with Gasteiger partial charge in [-0.25, -0.2) is 0 Å². The van der Waals surface area contributed by atoms with Gasteiger partial charge in [0.15, 0.2) is 11.6 Å². The molecule has 0 aromatic heterocycles. The van der Waals surface area contributed by atoms with E-state index in [1.807, 2.05) is 48.5 Å². The fraction of sp³-hybridized carbons (Fsp3) is 0.471. The number of Topliss-reactive ketones (excluding diaryl/α,β-unsaturated/α-hetero) is 2. The van der Waals surface area contributed by atoms with Crippen LogP contribution in [0.4, 0.5) is 0 Å². The lowest BCUT2D eigenvalue weighted by molar-refractivity contribution is -0.119. The highest BCUT2D eigenvalue weighted by molar-refractivity contribution is 6.30. The highest BCUT2D eigenvalue weighted by Gasteiger charge is 2.49. The maximum absolute atomic E-state index is 14.0. The zero-order valence-electron chi connectivity index (χ0n) is 24.3. The molecular weight excluding hydrogens is 522 g/mol. The summed E-state index contributed by atoms with van der Waals surface area (Å²) in [5.74, 6) is 0.504. The summed E-state index contributed by atoms with van der Waals surface area (Å²) in [5, 5.41) is 0.658. The largest absolute Gasteiger partial charge is 0.489 e. The number of benzene rings is 2. The minimum absolute atomic E-state index is 0.127. The lowest BCUT2D eigenvalue weighted by atomic mass is 9.63. The number of halogens is 1. The Morgan fingerprint density at radius 3 is 2.10 bits per heavy atom. The van der Waals surface area contributed by atoms with Crippen molar-refractivity contribution in [3.05, 3.63) is 87.2 Å². The molecule has 2 aliphatic carbocycles. The Morgan fingerprint density at radius 1 is 0.875 bits per heavy atom. The van der Waals surface area contributed by atoms with Gasteiger partial charge in [-0.05, 0) is 53.9 Å². The first-order valence-electron chi connectivity index (χ1n) is 14.2. The Hall–Kier alpha value is -2.89. The van der Waals surface area contributed by atoms with E-state index in [2.05, 4.69) is 32.6 Å². The van der Waals surface area contributed by atoms with Gasteiger partial charge in [-0.1, -0.05) is 69.6 Å². The summed E-state index contributed by atoms with van der Waals surface area (Å²) in [7, 11) is 1.71. The van der Waals surface area contributed by atoms with Crippen molar-refractivity contribution in [2.45, 2.75) is 72.3 Å². The predicted octanol–water partition coefficient (Wildman–Crippen LogP) is 7.64. The van der Waals surface area contributed by atoms with E-state index in [9.17, 15) is 9.59 Å². The zero-order valence-corrected chi connectivity index (χ0v) is 25.1. The third-order valence-electron chi connectivity index (χ3n) is 8.27. The number of para-hydroxylation sites is 1. The summed E-state index contributed by atoms with van der Waals surface area (Å²) in [4.78, 5) is 30.4. The molecule has 1 heterocycles. The minimum atomic E-state index is -0.438. The summed E-state index contributed by atoms with van der Waals surface area (Å²) in [6.07, 6.45) is 3.31. The van der Waals surface area contributed by atoms with E-state index in [-0.39, 0.29) is 22.4 Å². The summed E-state index contributed by atoms with van der Waals surface area (Å²) < 4.78 is 11.8. The van der Waals surface area contributed by atoms with Crippen LogP contribution in [0.15, 0.2) is 71.1 Å². The second-order valence-electron chi connectivity index (χ2n) is 13.0. The molecule has 6 heteroatoms. The van der Waals surface area contributed by atoms with Crippen LogP contribution in [0.5, 0.6) is 5.75 Å². The molecule has 0 N–H and O–H groups in total. The van der Waals surface area contributed by atoms with E-state index in [0.29, 0.717) is 36.8 Å². The van der Waals surface area contributed by atoms with E-state index in [0.717, 1.165) is 59.5 Å². The molecule has 0 amide bonds. The van der Waals surface area contributed by atoms with E-state index in [4.69, 9.17) is 21.1 Å². The first-order valence-corrected chi connectivity index (χ1v) is 14.6. The third-order valence-corrected chi connectivity index (χ3v) is 8.50. The third kappa shape index (κ3) is 5.77. The van der Waals surface area contributed by atoms with Gasteiger partial charge in [0.05, 0.1) is 0 Å². The molecule has 2 aromatic carbocycles. The molecule has 1 aliphatic heterocycles. The lowest BCUT2D eigenvalue weighted by Gasteiger charge is -2.49. The van der Waals surface area contributed by atoms with Gasteiger partial charge in [0.1, 0.15) is 12.4 Å². The molecule has 5 rings (SSSR count). The van der Waals surface area contributed by atoms with Crippen molar-refractivity contribution in [2.75, 3.05) is 20.3 Å². The number of hydrogen-bond acceptors (Lipinski definition) is 5. The fourth-order valence-corrected chi connectivity index (χ4v) is 6.85. The standard InChI is InChI=1S/C34H40ClNO4/c1-33(2)17-25-31(27(37)19-33)30(24-12-6-7-13-29(24)40-21-22-10-8-11-23(35)16-22)32-26(36(25)14-9-15-39-5)18-34(3,4)20-28(32)38/h6-8,10-13,16,30H,9,14-15,17-21H2,1-5H3. The predicted molar refractivity (Wildman–Crippen MR) is 158 cm³/mol. The zero-order chi connectivity index (χ0) is 28.7. The number of carbonyl (C=O) groups is 2. The molecule has 0 saturated heterocycles. The van der Waals surface area contributed by atoms with Crippen molar-refractivity contribution in [2.24, 2.45) is 10.8 Å². The second-order valence-corrected chi connectivity index (χ2v) is 13.4. The molecule has 2 aromatic rings. The molecule has 212 valence electrons. The van der Waals surface area contributed by atoms with Crippen molar-refractivity contribution < 1.29 is 19.1 Å². The SMILES string of the molecule is COCCCN1C2=C(C(=O)CC(C)(C)C2)C(c2ccccc2OCc2cccc(Cl)c2)C2=C1CC(C)(C)CC2=O. The van der Waals surface area contributed by atoms with Crippen LogP contribution in [0, 0.1) is 10.8 Å². The van der Waals surface area contributed by atoms with Gasteiger partial charge < -0.3 is 14.4 Å². The molecule has 0 radical (unpaired) electrons. The first kappa shape index (κ1) is 28.6. The molecule has 5 nitrogen and oxygen atoms in total. The summed E-state index contributed by atoms with van der Waals surface area (Å²) in [6, 6.07) is 15.5. The van der Waals surface area contributed by atoms with Gasteiger partial charge in [0.2, 0.25) is 0 Å². The summed E-state index contributed by atoms with van der Waals surface area (Å²) in [5.41, 5.74) is 5.18. The van der Waals surface area contributed by atoms with E-state index in [1.165, 1.54) is 0 Å². The number of allylic oxidation sites excluding steroid dienone is 4. The van der Waals surface area contributed by atoms with Crippen molar-refractivity contribution in [1.29, 1.82) is 0 Å². The molecule has 40 heavy (non-hydrogen) atoms. The average Bonchev–Trinajstić information content (AvgIpc) is 2.87. The van der Waals surface area contributed by atoms with Crippen LogP contribution in [-0.4, -0.2) is 36.7 Å². The number of nitrogens with zero attached hydrogens (tertiary/aromatic N) is 1. The van der Waals surface area contributed by atoms with E-state index >= 15 is 0 Å². The topological polar surface area (TPSA) is 55.8 Å². The monoisotopic (exact) mass is 561 g/mol. The van der Waals surface area contributed by atoms with Crippen LogP contribution in [0.3, 0.4) is 0 Å². The molecule has 0 spiro atoms. The van der Waals surface area contributed by atoms with Crippen LogP contribution < -0.4 is 4.74 Å². The Labute approximate surface area is 243 Å².